The highest BCUT2D eigenvalue weighted by atomic mass is 16.6. The summed E-state index contributed by atoms with van der Waals surface area (Å²) >= 11 is 0. The van der Waals surface area contributed by atoms with E-state index in [-0.39, 0.29) is 6.09 Å². The zero-order chi connectivity index (χ0) is 18.6. The number of ether oxygens (including phenoxy) is 1. The van der Waals surface area contributed by atoms with Gasteiger partial charge in [0.2, 0.25) is 0 Å². The van der Waals surface area contributed by atoms with Crippen molar-refractivity contribution in [2.45, 2.75) is 52.4 Å². The SMILES string of the molecule is CCCCCC[C@@H](CC)CN(C(=O)Oc1ccccc1)c1ccccc1. The van der Waals surface area contributed by atoms with Crippen LogP contribution in [0.25, 0.3) is 0 Å². The van der Waals surface area contributed by atoms with Crippen LogP contribution in [-0.4, -0.2) is 12.6 Å². The minimum atomic E-state index is -0.311. The fraction of sp³-hybridized carbons (Fsp3) is 0.435. The van der Waals surface area contributed by atoms with Crippen molar-refractivity contribution >= 4 is 11.8 Å². The molecule has 0 aliphatic heterocycles. The van der Waals surface area contributed by atoms with Gasteiger partial charge in [0.1, 0.15) is 5.75 Å². The minimum Gasteiger partial charge on any atom is -0.410 e. The van der Waals surface area contributed by atoms with Crippen molar-refractivity contribution in [1.29, 1.82) is 0 Å². The average Bonchev–Trinajstić information content (AvgIpc) is 2.69. The first kappa shape index (κ1) is 20.0. The van der Waals surface area contributed by atoms with Gasteiger partial charge in [-0.3, -0.25) is 4.90 Å². The van der Waals surface area contributed by atoms with E-state index in [4.69, 9.17) is 4.74 Å². The van der Waals surface area contributed by atoms with E-state index in [0.717, 1.165) is 18.5 Å². The Morgan fingerprint density at radius 3 is 2.19 bits per heavy atom. The third-order valence-corrected chi connectivity index (χ3v) is 4.72. The second kappa shape index (κ2) is 11.3. The highest BCUT2D eigenvalue weighted by Crippen LogP contribution is 2.22. The molecule has 0 bridgehead atoms. The number of carbonyl (C=O) groups excluding carboxylic acids is 1. The number of carbonyl (C=O) groups is 1. The summed E-state index contributed by atoms with van der Waals surface area (Å²) in [6.45, 7) is 5.13. The number of unbranched alkanes of at least 4 members (excludes halogenated alkanes) is 3. The number of hydrogen-bond acceptors (Lipinski definition) is 2. The molecule has 140 valence electrons. The summed E-state index contributed by atoms with van der Waals surface area (Å²) in [6.07, 6.45) is 6.93. The first-order valence-corrected chi connectivity index (χ1v) is 9.84. The topological polar surface area (TPSA) is 29.5 Å². The van der Waals surface area contributed by atoms with Crippen LogP contribution in [0.5, 0.6) is 5.75 Å². The maximum atomic E-state index is 12.8. The number of para-hydroxylation sites is 2. The zero-order valence-corrected chi connectivity index (χ0v) is 16.1. The maximum Gasteiger partial charge on any atom is 0.419 e. The quantitative estimate of drug-likeness (QED) is 0.445. The molecular formula is C23H31NO2. The molecule has 2 rings (SSSR count). The molecule has 2 aromatic carbocycles. The van der Waals surface area contributed by atoms with Crippen LogP contribution in [0.2, 0.25) is 0 Å². The van der Waals surface area contributed by atoms with Gasteiger partial charge in [0.15, 0.2) is 0 Å². The van der Waals surface area contributed by atoms with Gasteiger partial charge in [-0.2, -0.15) is 0 Å². The van der Waals surface area contributed by atoms with Gasteiger partial charge in [0, 0.05) is 12.2 Å². The van der Waals surface area contributed by atoms with Crippen molar-refractivity contribution < 1.29 is 9.53 Å². The van der Waals surface area contributed by atoms with Crippen molar-refractivity contribution in [3.8, 4) is 5.75 Å². The number of anilines is 1. The highest BCUT2D eigenvalue weighted by Gasteiger charge is 2.21. The molecule has 0 N–H and O–H groups in total. The van der Waals surface area contributed by atoms with Gasteiger partial charge in [-0.1, -0.05) is 82.3 Å². The van der Waals surface area contributed by atoms with Crippen LogP contribution in [0.1, 0.15) is 52.4 Å². The van der Waals surface area contributed by atoms with Crippen LogP contribution in [0, 0.1) is 5.92 Å². The second-order valence-corrected chi connectivity index (χ2v) is 6.75. The average molecular weight is 354 g/mol. The Morgan fingerprint density at radius 1 is 0.923 bits per heavy atom. The molecule has 3 heteroatoms. The Labute approximate surface area is 158 Å². The summed E-state index contributed by atoms with van der Waals surface area (Å²) in [6, 6.07) is 19.1. The van der Waals surface area contributed by atoms with Crippen molar-refractivity contribution in [1.82, 2.24) is 0 Å². The molecule has 1 amide bonds. The smallest absolute Gasteiger partial charge is 0.410 e. The number of nitrogens with zero attached hydrogens (tertiary/aromatic N) is 1. The lowest BCUT2D eigenvalue weighted by Crippen LogP contribution is -2.37. The normalized spacial score (nSPS) is 11.8. The van der Waals surface area contributed by atoms with Crippen molar-refractivity contribution in [3.63, 3.8) is 0 Å². The molecule has 3 nitrogen and oxygen atoms in total. The lowest BCUT2D eigenvalue weighted by atomic mass is 9.97. The van der Waals surface area contributed by atoms with Gasteiger partial charge in [0.05, 0.1) is 0 Å². The van der Waals surface area contributed by atoms with Gasteiger partial charge in [0.25, 0.3) is 0 Å². The van der Waals surface area contributed by atoms with E-state index < -0.39 is 0 Å². The molecular weight excluding hydrogens is 322 g/mol. The summed E-state index contributed by atoms with van der Waals surface area (Å²) in [4.78, 5) is 14.6. The van der Waals surface area contributed by atoms with E-state index in [1.165, 1.54) is 25.7 Å². The van der Waals surface area contributed by atoms with Crippen LogP contribution < -0.4 is 9.64 Å². The largest absolute Gasteiger partial charge is 0.419 e. The Bertz CT molecular complexity index is 627. The Hall–Kier alpha value is -2.29. The van der Waals surface area contributed by atoms with Crippen molar-refractivity contribution in [2.75, 3.05) is 11.4 Å². The summed E-state index contributed by atoms with van der Waals surface area (Å²) in [7, 11) is 0. The molecule has 0 radical (unpaired) electrons. The first-order valence-electron chi connectivity index (χ1n) is 9.84. The molecule has 0 heterocycles. The molecule has 0 spiro atoms. The third kappa shape index (κ3) is 6.55. The highest BCUT2D eigenvalue weighted by molar-refractivity contribution is 5.89. The molecule has 0 unspecified atom stereocenters. The van der Waals surface area contributed by atoms with Gasteiger partial charge >= 0.3 is 6.09 Å². The van der Waals surface area contributed by atoms with E-state index in [2.05, 4.69) is 13.8 Å². The summed E-state index contributed by atoms with van der Waals surface area (Å²) < 4.78 is 5.61. The third-order valence-electron chi connectivity index (χ3n) is 4.72. The molecule has 0 saturated heterocycles. The zero-order valence-electron chi connectivity index (χ0n) is 16.1. The van der Waals surface area contributed by atoms with Gasteiger partial charge in [-0.05, 0) is 36.6 Å². The predicted molar refractivity (Wildman–Crippen MR) is 109 cm³/mol. The monoisotopic (exact) mass is 353 g/mol. The number of hydrogen-bond donors (Lipinski definition) is 0. The Balaban J connectivity index is 2.06. The van der Waals surface area contributed by atoms with E-state index >= 15 is 0 Å². The lowest BCUT2D eigenvalue weighted by molar-refractivity contribution is 0.205. The van der Waals surface area contributed by atoms with Crippen LogP contribution in [-0.2, 0) is 0 Å². The summed E-state index contributed by atoms with van der Waals surface area (Å²) in [5, 5.41) is 0. The number of benzene rings is 2. The molecule has 2 aromatic rings. The molecule has 0 saturated carbocycles. The molecule has 26 heavy (non-hydrogen) atoms. The Morgan fingerprint density at radius 2 is 1.58 bits per heavy atom. The van der Waals surface area contributed by atoms with Crippen molar-refractivity contribution in [3.05, 3.63) is 60.7 Å². The molecule has 0 aliphatic carbocycles. The van der Waals surface area contributed by atoms with Gasteiger partial charge < -0.3 is 4.74 Å². The van der Waals surface area contributed by atoms with Gasteiger partial charge in [-0.15, -0.1) is 0 Å². The van der Waals surface area contributed by atoms with Crippen LogP contribution in [0.3, 0.4) is 0 Å². The summed E-state index contributed by atoms with van der Waals surface area (Å²) in [5.41, 5.74) is 0.889. The van der Waals surface area contributed by atoms with E-state index in [0.29, 0.717) is 18.2 Å². The second-order valence-electron chi connectivity index (χ2n) is 6.75. The van der Waals surface area contributed by atoms with Crippen molar-refractivity contribution in [2.24, 2.45) is 5.92 Å². The Kier molecular flexibility index (Phi) is 8.74. The standard InChI is InChI=1S/C23H31NO2/c1-3-5-6-9-14-20(4-2)19-24(21-15-10-7-11-16-21)23(25)26-22-17-12-8-13-18-22/h7-8,10-13,15-18,20H,3-6,9,14,19H2,1-2H3/t20-/m1/s1. The molecule has 1 atom stereocenters. The minimum absolute atomic E-state index is 0.311. The molecule has 0 aromatic heterocycles. The first-order chi connectivity index (χ1) is 12.7. The van der Waals surface area contributed by atoms with Crippen LogP contribution in [0.4, 0.5) is 10.5 Å². The van der Waals surface area contributed by atoms with E-state index in [1.54, 1.807) is 4.90 Å². The fourth-order valence-electron chi connectivity index (χ4n) is 3.08. The lowest BCUT2D eigenvalue weighted by Gasteiger charge is -2.26. The number of amides is 1. The predicted octanol–water partition coefficient (Wildman–Crippen LogP) is 6.69. The number of rotatable bonds is 10. The molecule has 0 aliphatic rings. The molecule has 0 fully saturated rings. The van der Waals surface area contributed by atoms with E-state index in [1.807, 2.05) is 60.7 Å². The summed E-state index contributed by atoms with van der Waals surface area (Å²) in [5.74, 6) is 1.06. The van der Waals surface area contributed by atoms with E-state index in [9.17, 15) is 4.79 Å². The fourth-order valence-corrected chi connectivity index (χ4v) is 3.08. The van der Waals surface area contributed by atoms with Crippen LogP contribution in [0.15, 0.2) is 60.7 Å². The maximum absolute atomic E-state index is 12.8. The van der Waals surface area contributed by atoms with Crippen LogP contribution >= 0.6 is 0 Å². The van der Waals surface area contributed by atoms with Gasteiger partial charge in [-0.25, -0.2) is 4.79 Å².